The molecule has 0 saturated carbocycles. The lowest BCUT2D eigenvalue weighted by Gasteiger charge is -2.38. The van der Waals surface area contributed by atoms with Gasteiger partial charge in [0, 0.05) is 18.1 Å². The number of hydrogen-bond donors (Lipinski definition) is 1. The summed E-state index contributed by atoms with van der Waals surface area (Å²) in [5.41, 5.74) is 0. The zero-order chi connectivity index (χ0) is 13.9. The van der Waals surface area contributed by atoms with E-state index in [-0.39, 0.29) is 0 Å². The van der Waals surface area contributed by atoms with Crippen LogP contribution in [0.1, 0.15) is 46.0 Å². The van der Waals surface area contributed by atoms with Crippen LogP contribution in [-0.2, 0) is 9.84 Å². The Balaban J connectivity index is 1.92. The Morgan fingerprint density at radius 3 is 2.37 bits per heavy atom. The molecule has 0 aliphatic carbocycles. The Bertz CT molecular complexity index is 369. The van der Waals surface area contributed by atoms with Gasteiger partial charge in [0.15, 0.2) is 0 Å². The van der Waals surface area contributed by atoms with E-state index in [9.17, 15) is 8.42 Å². The summed E-state index contributed by atoms with van der Waals surface area (Å²) in [5.74, 6) is 0.776. The topological polar surface area (TPSA) is 49.4 Å². The second-order valence-corrected chi connectivity index (χ2v) is 8.47. The summed E-state index contributed by atoms with van der Waals surface area (Å²) in [7, 11) is -2.74. The second kappa shape index (κ2) is 6.55. The highest BCUT2D eigenvalue weighted by Crippen LogP contribution is 2.20. The van der Waals surface area contributed by atoms with E-state index < -0.39 is 9.84 Å². The minimum atomic E-state index is -2.74. The van der Waals surface area contributed by atoms with E-state index in [1.54, 1.807) is 0 Å². The molecule has 0 bridgehead atoms. The highest BCUT2D eigenvalue weighted by atomic mass is 32.2. The summed E-state index contributed by atoms with van der Waals surface area (Å²) in [4.78, 5) is 2.55. The van der Waals surface area contributed by atoms with Gasteiger partial charge in [-0.3, -0.25) is 0 Å². The summed E-state index contributed by atoms with van der Waals surface area (Å²) < 4.78 is 23.0. The van der Waals surface area contributed by atoms with E-state index >= 15 is 0 Å². The van der Waals surface area contributed by atoms with Crippen molar-refractivity contribution >= 4 is 9.84 Å². The quantitative estimate of drug-likeness (QED) is 0.835. The maximum Gasteiger partial charge on any atom is 0.150 e. The summed E-state index contributed by atoms with van der Waals surface area (Å²) in [6.07, 6.45) is 5.20. The molecule has 2 rings (SSSR count). The summed E-state index contributed by atoms with van der Waals surface area (Å²) in [5, 5.41) is 3.68. The van der Waals surface area contributed by atoms with Crippen LogP contribution in [0.15, 0.2) is 0 Å². The molecule has 1 N–H and O–H groups in total. The normalized spacial score (nSPS) is 34.6. The average Bonchev–Trinajstić information content (AvgIpc) is 2.35. The minimum absolute atomic E-state index is 0.388. The summed E-state index contributed by atoms with van der Waals surface area (Å²) in [6.45, 7) is 6.72. The van der Waals surface area contributed by atoms with Crippen LogP contribution in [0, 0.1) is 0 Å². The van der Waals surface area contributed by atoms with Crippen LogP contribution >= 0.6 is 0 Å². The first-order valence-corrected chi connectivity index (χ1v) is 9.53. The van der Waals surface area contributed by atoms with Crippen molar-refractivity contribution in [3.05, 3.63) is 0 Å². The highest BCUT2D eigenvalue weighted by molar-refractivity contribution is 7.91. The maximum absolute atomic E-state index is 11.5. The molecule has 2 atom stereocenters. The zero-order valence-corrected chi connectivity index (χ0v) is 13.1. The van der Waals surface area contributed by atoms with E-state index in [4.69, 9.17) is 0 Å². The van der Waals surface area contributed by atoms with E-state index in [2.05, 4.69) is 24.1 Å². The van der Waals surface area contributed by atoms with Crippen LogP contribution in [-0.4, -0.2) is 56.0 Å². The largest absolute Gasteiger partial charge is 0.311 e. The van der Waals surface area contributed by atoms with Crippen molar-refractivity contribution in [2.75, 3.05) is 24.6 Å². The molecule has 2 unspecified atom stereocenters. The van der Waals surface area contributed by atoms with Crippen molar-refractivity contribution < 1.29 is 8.42 Å². The Hall–Kier alpha value is -0.130. The standard InChI is InChI=1S/C14H28N2O2S/c1-3-13-5-9-16(8-4-12(2)15-13)14-6-10-19(17,18)11-7-14/h12-15H,3-11H2,1-2H3. The van der Waals surface area contributed by atoms with Crippen molar-refractivity contribution in [2.24, 2.45) is 0 Å². The molecule has 2 fully saturated rings. The van der Waals surface area contributed by atoms with Gasteiger partial charge in [-0.2, -0.15) is 0 Å². The third-order valence-electron chi connectivity index (χ3n) is 4.67. The molecule has 0 aromatic heterocycles. The van der Waals surface area contributed by atoms with Gasteiger partial charge in [0.05, 0.1) is 11.5 Å². The minimum Gasteiger partial charge on any atom is -0.311 e. The van der Waals surface area contributed by atoms with Gasteiger partial charge in [-0.1, -0.05) is 6.92 Å². The first-order chi connectivity index (χ1) is 9.00. The van der Waals surface area contributed by atoms with Gasteiger partial charge < -0.3 is 10.2 Å². The van der Waals surface area contributed by atoms with Gasteiger partial charge in [0.2, 0.25) is 0 Å². The van der Waals surface area contributed by atoms with Crippen molar-refractivity contribution in [1.29, 1.82) is 0 Å². The first-order valence-electron chi connectivity index (χ1n) is 7.70. The van der Waals surface area contributed by atoms with Crippen LogP contribution in [0.25, 0.3) is 0 Å². The van der Waals surface area contributed by atoms with E-state index in [0.29, 0.717) is 29.6 Å². The van der Waals surface area contributed by atoms with Gasteiger partial charge in [0.25, 0.3) is 0 Å². The predicted octanol–water partition coefficient (Wildman–Crippen LogP) is 1.42. The fourth-order valence-corrected chi connectivity index (χ4v) is 4.76. The lowest BCUT2D eigenvalue weighted by atomic mass is 10.0. The van der Waals surface area contributed by atoms with Crippen molar-refractivity contribution in [1.82, 2.24) is 10.2 Å². The average molecular weight is 288 g/mol. The number of hydrogen-bond acceptors (Lipinski definition) is 4. The number of nitrogens with zero attached hydrogens (tertiary/aromatic N) is 1. The molecule has 0 amide bonds. The third-order valence-corrected chi connectivity index (χ3v) is 6.38. The Morgan fingerprint density at radius 1 is 1.11 bits per heavy atom. The fraction of sp³-hybridized carbons (Fsp3) is 1.00. The number of sulfone groups is 1. The Labute approximate surface area is 117 Å². The molecule has 2 saturated heterocycles. The van der Waals surface area contributed by atoms with Crippen LogP contribution in [0.4, 0.5) is 0 Å². The molecular formula is C14H28N2O2S. The van der Waals surface area contributed by atoms with Crippen LogP contribution < -0.4 is 5.32 Å². The van der Waals surface area contributed by atoms with Crippen molar-refractivity contribution in [3.8, 4) is 0 Å². The van der Waals surface area contributed by atoms with Gasteiger partial charge in [-0.05, 0) is 52.1 Å². The predicted molar refractivity (Wildman–Crippen MR) is 79.2 cm³/mol. The molecule has 112 valence electrons. The molecule has 19 heavy (non-hydrogen) atoms. The molecule has 2 aliphatic rings. The Kier molecular flexibility index (Phi) is 5.26. The lowest BCUT2D eigenvalue weighted by Crippen LogP contribution is -2.48. The smallest absolute Gasteiger partial charge is 0.150 e. The molecule has 0 aromatic rings. The van der Waals surface area contributed by atoms with E-state index in [1.165, 1.54) is 19.3 Å². The molecule has 0 aromatic carbocycles. The fourth-order valence-electron chi connectivity index (χ4n) is 3.29. The lowest BCUT2D eigenvalue weighted by molar-refractivity contribution is 0.149. The van der Waals surface area contributed by atoms with Gasteiger partial charge in [0.1, 0.15) is 9.84 Å². The van der Waals surface area contributed by atoms with Crippen LogP contribution in [0.5, 0.6) is 0 Å². The van der Waals surface area contributed by atoms with Crippen LogP contribution in [0.2, 0.25) is 0 Å². The van der Waals surface area contributed by atoms with Gasteiger partial charge in [-0.25, -0.2) is 8.42 Å². The summed E-state index contributed by atoms with van der Waals surface area (Å²) in [6, 6.07) is 1.68. The molecule has 2 heterocycles. The molecule has 4 nitrogen and oxygen atoms in total. The molecule has 5 heteroatoms. The number of nitrogens with one attached hydrogen (secondary N) is 1. The monoisotopic (exact) mass is 288 g/mol. The first kappa shape index (κ1) is 15.3. The molecule has 0 spiro atoms. The van der Waals surface area contributed by atoms with Gasteiger partial charge in [-0.15, -0.1) is 0 Å². The van der Waals surface area contributed by atoms with Crippen molar-refractivity contribution in [3.63, 3.8) is 0 Å². The Morgan fingerprint density at radius 2 is 1.74 bits per heavy atom. The number of rotatable bonds is 2. The maximum atomic E-state index is 11.5. The van der Waals surface area contributed by atoms with Crippen LogP contribution in [0.3, 0.4) is 0 Å². The third kappa shape index (κ3) is 4.43. The zero-order valence-electron chi connectivity index (χ0n) is 12.3. The van der Waals surface area contributed by atoms with Crippen molar-refractivity contribution in [2.45, 2.75) is 64.1 Å². The van der Waals surface area contributed by atoms with Gasteiger partial charge >= 0.3 is 0 Å². The second-order valence-electron chi connectivity index (χ2n) is 6.17. The molecular weight excluding hydrogens is 260 g/mol. The SMILES string of the molecule is CCC1CCN(C2CCS(=O)(=O)CC2)CCC(C)N1. The van der Waals surface area contributed by atoms with E-state index in [0.717, 1.165) is 25.9 Å². The highest BCUT2D eigenvalue weighted by Gasteiger charge is 2.29. The summed E-state index contributed by atoms with van der Waals surface area (Å²) >= 11 is 0. The molecule has 0 radical (unpaired) electrons. The molecule has 2 aliphatic heterocycles. The van der Waals surface area contributed by atoms with E-state index in [1.807, 2.05) is 0 Å².